The summed E-state index contributed by atoms with van der Waals surface area (Å²) in [4.78, 5) is 15.1. The lowest BCUT2D eigenvalue weighted by molar-refractivity contribution is 0.101. The van der Waals surface area contributed by atoms with Crippen molar-refractivity contribution in [2.24, 2.45) is 0 Å². The molecule has 4 heteroatoms. The third-order valence-electron chi connectivity index (χ3n) is 1.54. The number of nitrogens with zero attached hydrogens (tertiary/aromatic N) is 1. The van der Waals surface area contributed by atoms with Crippen molar-refractivity contribution in [1.82, 2.24) is 4.98 Å². The Morgan fingerprint density at radius 1 is 1.67 bits per heavy atom. The minimum Gasteiger partial charge on any atom is -0.384 e. The SMILES string of the molecule is CC(=O)c1c(C)cc(N)nc1I. The van der Waals surface area contributed by atoms with Crippen LogP contribution in [-0.4, -0.2) is 10.8 Å². The summed E-state index contributed by atoms with van der Waals surface area (Å²) in [5.41, 5.74) is 7.06. The van der Waals surface area contributed by atoms with E-state index in [4.69, 9.17) is 5.73 Å². The van der Waals surface area contributed by atoms with Gasteiger partial charge in [0.05, 0.1) is 5.56 Å². The van der Waals surface area contributed by atoms with Gasteiger partial charge in [-0.15, -0.1) is 0 Å². The summed E-state index contributed by atoms with van der Waals surface area (Å²) < 4.78 is 0.678. The summed E-state index contributed by atoms with van der Waals surface area (Å²) in [5.74, 6) is 0.492. The van der Waals surface area contributed by atoms with Crippen LogP contribution >= 0.6 is 22.6 Å². The predicted molar refractivity (Wildman–Crippen MR) is 56.1 cm³/mol. The van der Waals surface area contributed by atoms with Crippen LogP contribution in [0.15, 0.2) is 6.07 Å². The lowest BCUT2D eigenvalue weighted by Gasteiger charge is -2.04. The molecule has 1 rings (SSSR count). The number of Topliss-reactive ketones (excluding diaryl/α,β-unsaturated/α-hetero) is 1. The topological polar surface area (TPSA) is 56.0 Å². The van der Waals surface area contributed by atoms with Crippen LogP contribution in [0.2, 0.25) is 0 Å². The Bertz CT molecular complexity index is 313. The number of carbonyl (C=O) groups is 1. The highest BCUT2D eigenvalue weighted by molar-refractivity contribution is 14.1. The Hall–Kier alpha value is -0.650. The quantitative estimate of drug-likeness (QED) is 0.483. The smallest absolute Gasteiger partial charge is 0.162 e. The first-order valence-electron chi connectivity index (χ1n) is 3.46. The van der Waals surface area contributed by atoms with E-state index >= 15 is 0 Å². The van der Waals surface area contributed by atoms with Gasteiger partial charge in [0.15, 0.2) is 5.78 Å². The van der Waals surface area contributed by atoms with Gasteiger partial charge in [-0.3, -0.25) is 4.79 Å². The number of ketones is 1. The fourth-order valence-corrected chi connectivity index (χ4v) is 2.16. The van der Waals surface area contributed by atoms with Crippen LogP contribution in [0, 0.1) is 10.6 Å². The first-order chi connectivity index (χ1) is 5.52. The van der Waals surface area contributed by atoms with E-state index in [1.54, 1.807) is 6.07 Å². The molecule has 1 aromatic heterocycles. The normalized spacial score (nSPS) is 9.92. The summed E-state index contributed by atoms with van der Waals surface area (Å²) in [6.07, 6.45) is 0. The van der Waals surface area contributed by atoms with Gasteiger partial charge in [0.25, 0.3) is 0 Å². The number of pyridine rings is 1. The van der Waals surface area contributed by atoms with Crippen molar-refractivity contribution < 1.29 is 4.79 Å². The van der Waals surface area contributed by atoms with E-state index in [0.29, 0.717) is 15.1 Å². The van der Waals surface area contributed by atoms with Crippen LogP contribution in [0.4, 0.5) is 5.82 Å². The number of nitrogens with two attached hydrogens (primary N) is 1. The number of anilines is 1. The molecule has 0 unspecified atom stereocenters. The van der Waals surface area contributed by atoms with Crippen molar-refractivity contribution in [3.05, 3.63) is 20.9 Å². The molecule has 0 saturated carbocycles. The third-order valence-corrected chi connectivity index (χ3v) is 2.32. The molecule has 0 aromatic carbocycles. The monoisotopic (exact) mass is 276 g/mol. The molecule has 1 aromatic rings. The van der Waals surface area contributed by atoms with Gasteiger partial charge in [-0.05, 0) is 48.1 Å². The maximum Gasteiger partial charge on any atom is 0.162 e. The number of nitrogen functional groups attached to an aromatic ring is 1. The molecule has 0 amide bonds. The lowest BCUT2D eigenvalue weighted by atomic mass is 10.1. The van der Waals surface area contributed by atoms with Gasteiger partial charge >= 0.3 is 0 Å². The molecule has 0 spiro atoms. The summed E-state index contributed by atoms with van der Waals surface area (Å²) >= 11 is 2.01. The van der Waals surface area contributed by atoms with Crippen molar-refractivity contribution >= 4 is 34.2 Å². The third kappa shape index (κ3) is 1.74. The van der Waals surface area contributed by atoms with Crippen molar-refractivity contribution in [3.63, 3.8) is 0 Å². The van der Waals surface area contributed by atoms with Gasteiger partial charge < -0.3 is 5.73 Å². The Morgan fingerprint density at radius 2 is 2.25 bits per heavy atom. The van der Waals surface area contributed by atoms with Crippen LogP contribution in [-0.2, 0) is 0 Å². The fraction of sp³-hybridized carbons (Fsp3) is 0.250. The van der Waals surface area contributed by atoms with Gasteiger partial charge in [0.2, 0.25) is 0 Å². The highest BCUT2D eigenvalue weighted by Gasteiger charge is 2.10. The first-order valence-corrected chi connectivity index (χ1v) is 4.54. The van der Waals surface area contributed by atoms with E-state index in [1.807, 2.05) is 29.5 Å². The highest BCUT2D eigenvalue weighted by Crippen LogP contribution is 2.17. The van der Waals surface area contributed by atoms with Crippen LogP contribution in [0.1, 0.15) is 22.8 Å². The Morgan fingerprint density at radius 3 is 2.67 bits per heavy atom. The predicted octanol–water partition coefficient (Wildman–Crippen LogP) is 1.78. The van der Waals surface area contributed by atoms with Gasteiger partial charge in [-0.25, -0.2) is 4.98 Å². The average Bonchev–Trinajstić information content (AvgIpc) is 1.82. The average molecular weight is 276 g/mol. The molecule has 0 radical (unpaired) electrons. The molecular formula is C8H9IN2O. The second-order valence-corrected chi connectivity index (χ2v) is 3.61. The summed E-state index contributed by atoms with van der Waals surface area (Å²) in [6, 6.07) is 1.71. The molecule has 0 aliphatic rings. The molecule has 2 N–H and O–H groups in total. The lowest BCUT2D eigenvalue weighted by Crippen LogP contribution is -2.04. The van der Waals surface area contributed by atoms with Crippen LogP contribution in [0.3, 0.4) is 0 Å². The minimum absolute atomic E-state index is 0.0319. The largest absolute Gasteiger partial charge is 0.384 e. The minimum atomic E-state index is 0.0319. The van der Waals surface area contributed by atoms with Crippen molar-refractivity contribution in [2.75, 3.05) is 5.73 Å². The van der Waals surface area contributed by atoms with Crippen molar-refractivity contribution in [3.8, 4) is 0 Å². The summed E-state index contributed by atoms with van der Waals surface area (Å²) in [7, 11) is 0. The van der Waals surface area contributed by atoms with E-state index in [9.17, 15) is 4.79 Å². The van der Waals surface area contributed by atoms with E-state index < -0.39 is 0 Å². The first kappa shape index (κ1) is 9.44. The molecule has 0 bridgehead atoms. The fourth-order valence-electron chi connectivity index (χ4n) is 1.08. The van der Waals surface area contributed by atoms with Crippen LogP contribution < -0.4 is 5.73 Å². The number of aryl methyl sites for hydroxylation is 1. The summed E-state index contributed by atoms with van der Waals surface area (Å²) in [6.45, 7) is 3.39. The zero-order valence-electron chi connectivity index (χ0n) is 6.89. The van der Waals surface area contributed by atoms with E-state index in [2.05, 4.69) is 4.98 Å². The summed E-state index contributed by atoms with van der Waals surface area (Å²) in [5, 5.41) is 0. The second-order valence-electron chi connectivity index (χ2n) is 2.59. The highest BCUT2D eigenvalue weighted by atomic mass is 127. The molecule has 0 aliphatic heterocycles. The molecule has 64 valence electrons. The zero-order chi connectivity index (χ0) is 9.30. The van der Waals surface area contributed by atoms with E-state index in [-0.39, 0.29) is 5.78 Å². The van der Waals surface area contributed by atoms with Gasteiger partial charge in [0, 0.05) is 0 Å². The van der Waals surface area contributed by atoms with E-state index in [0.717, 1.165) is 5.56 Å². The number of carbonyl (C=O) groups excluding carboxylic acids is 1. The maximum absolute atomic E-state index is 11.1. The molecule has 3 nitrogen and oxygen atoms in total. The van der Waals surface area contributed by atoms with E-state index in [1.165, 1.54) is 6.92 Å². The number of hydrogen-bond donors (Lipinski definition) is 1. The van der Waals surface area contributed by atoms with Crippen LogP contribution in [0.5, 0.6) is 0 Å². The second kappa shape index (κ2) is 3.38. The Kier molecular flexibility index (Phi) is 2.66. The number of aromatic nitrogens is 1. The maximum atomic E-state index is 11.1. The molecule has 0 fully saturated rings. The molecule has 0 atom stereocenters. The van der Waals surface area contributed by atoms with Crippen LogP contribution in [0.25, 0.3) is 0 Å². The van der Waals surface area contributed by atoms with Crippen molar-refractivity contribution in [2.45, 2.75) is 13.8 Å². The van der Waals surface area contributed by atoms with Gasteiger partial charge in [-0.1, -0.05) is 0 Å². The number of hydrogen-bond acceptors (Lipinski definition) is 3. The Balaban J connectivity index is 3.38. The standard InChI is InChI=1S/C8H9IN2O/c1-4-3-6(10)11-8(9)7(4)5(2)12/h3H,1-2H3,(H2,10,11). The molecular weight excluding hydrogens is 267 g/mol. The molecule has 0 saturated heterocycles. The molecule has 1 heterocycles. The van der Waals surface area contributed by atoms with Gasteiger partial charge in [0.1, 0.15) is 9.52 Å². The Labute approximate surface area is 84.5 Å². The van der Waals surface area contributed by atoms with Crippen molar-refractivity contribution in [1.29, 1.82) is 0 Å². The molecule has 0 aliphatic carbocycles. The number of halogens is 1. The molecule has 12 heavy (non-hydrogen) atoms. The van der Waals surface area contributed by atoms with Gasteiger partial charge in [-0.2, -0.15) is 0 Å². The zero-order valence-corrected chi connectivity index (χ0v) is 9.05. The number of rotatable bonds is 1.